The molecule has 5 aromatic carbocycles. The number of allylic oxidation sites excluding steroid dienone is 1. The maximum Gasteiger partial charge on any atom is 0.137 e. The average Bonchev–Trinajstić information content (AvgIpc) is 3.89. The molecule has 0 atom stereocenters. The minimum Gasteiger partial charge on any atom is -0.331 e. The molecular formula is C44H31N5. The number of para-hydroxylation sites is 1. The smallest absolute Gasteiger partial charge is 0.137 e. The summed E-state index contributed by atoms with van der Waals surface area (Å²) in [6.07, 6.45) is 11.7. The number of aromatic nitrogens is 5. The average molecular weight is 630 g/mol. The number of imidazole rings is 2. The van der Waals surface area contributed by atoms with Crippen LogP contribution in [0.25, 0.3) is 84.0 Å². The highest BCUT2D eigenvalue weighted by molar-refractivity contribution is 6.11. The third kappa shape index (κ3) is 4.70. The van der Waals surface area contributed by atoms with Crippen LogP contribution in [0, 0.1) is 0 Å². The van der Waals surface area contributed by atoms with Gasteiger partial charge in [0.15, 0.2) is 0 Å². The molecule has 0 N–H and O–H groups in total. The van der Waals surface area contributed by atoms with Crippen LogP contribution in [0.15, 0.2) is 158 Å². The van der Waals surface area contributed by atoms with Gasteiger partial charge in [-0.2, -0.15) is 0 Å². The summed E-state index contributed by atoms with van der Waals surface area (Å²) in [5.41, 5.74) is 13.5. The van der Waals surface area contributed by atoms with E-state index >= 15 is 0 Å². The van der Waals surface area contributed by atoms with Gasteiger partial charge in [-0.25, -0.2) is 9.97 Å². The lowest BCUT2D eigenvalue weighted by molar-refractivity contribution is 0.689. The molecule has 0 aliphatic carbocycles. The van der Waals surface area contributed by atoms with Crippen LogP contribution in [0.3, 0.4) is 0 Å². The third-order valence-corrected chi connectivity index (χ3v) is 9.78. The number of fused-ring (bicyclic) bond motifs is 5. The van der Waals surface area contributed by atoms with Crippen LogP contribution >= 0.6 is 0 Å². The molecule has 1 aliphatic rings. The summed E-state index contributed by atoms with van der Waals surface area (Å²) < 4.78 is 6.68. The molecule has 0 fully saturated rings. The van der Waals surface area contributed by atoms with Crippen LogP contribution in [-0.2, 0) is 6.54 Å². The van der Waals surface area contributed by atoms with Crippen molar-refractivity contribution in [1.29, 1.82) is 0 Å². The first-order valence-corrected chi connectivity index (χ1v) is 16.8. The van der Waals surface area contributed by atoms with Gasteiger partial charge >= 0.3 is 0 Å². The monoisotopic (exact) mass is 629 g/mol. The van der Waals surface area contributed by atoms with Gasteiger partial charge in [0.2, 0.25) is 0 Å². The third-order valence-electron chi connectivity index (χ3n) is 9.78. The van der Waals surface area contributed by atoms with E-state index in [4.69, 9.17) is 9.97 Å². The fraction of sp³-hybridized carbons (Fsp3) is 0.0455. The number of benzene rings is 5. The first-order valence-electron chi connectivity index (χ1n) is 16.8. The van der Waals surface area contributed by atoms with E-state index in [1.807, 2.05) is 24.4 Å². The highest BCUT2D eigenvalue weighted by atomic mass is 15.1. The minimum absolute atomic E-state index is 0.950. The fourth-order valence-electron chi connectivity index (χ4n) is 7.26. The maximum absolute atomic E-state index is 4.86. The molecule has 4 aromatic heterocycles. The molecule has 5 heteroatoms. The van der Waals surface area contributed by atoms with Gasteiger partial charge in [0.25, 0.3) is 0 Å². The Balaban J connectivity index is 1.05. The Morgan fingerprint density at radius 1 is 0.510 bits per heavy atom. The van der Waals surface area contributed by atoms with Gasteiger partial charge in [-0.3, -0.25) is 0 Å². The SMILES string of the molecule is C1=Cc2nc(-c3ccc(-c4ccc5c(c4)c4cc(-c6ccc(-c7cn8ccccc8n7)cc6)ccc4n5-c4ccccc4)cc3)cn2CC1. The lowest BCUT2D eigenvalue weighted by Gasteiger charge is -2.09. The van der Waals surface area contributed by atoms with Gasteiger partial charge < -0.3 is 13.5 Å². The number of aryl methyl sites for hydroxylation is 1. The van der Waals surface area contributed by atoms with E-state index in [0.29, 0.717) is 0 Å². The molecule has 0 bridgehead atoms. The van der Waals surface area contributed by atoms with Crippen LogP contribution in [-0.4, -0.2) is 23.5 Å². The quantitative estimate of drug-likeness (QED) is 0.190. The number of rotatable bonds is 5. The number of nitrogens with zero attached hydrogens (tertiary/aromatic N) is 5. The Morgan fingerprint density at radius 2 is 1.10 bits per heavy atom. The molecule has 1 aliphatic heterocycles. The highest BCUT2D eigenvalue weighted by Gasteiger charge is 2.16. The maximum atomic E-state index is 4.86. The van der Waals surface area contributed by atoms with Crippen LogP contribution < -0.4 is 0 Å². The lowest BCUT2D eigenvalue weighted by Crippen LogP contribution is -2.01. The normalized spacial score (nSPS) is 12.7. The largest absolute Gasteiger partial charge is 0.331 e. The zero-order chi connectivity index (χ0) is 32.3. The summed E-state index contributed by atoms with van der Waals surface area (Å²) in [5, 5.41) is 2.47. The molecule has 0 saturated heterocycles. The summed E-state index contributed by atoms with van der Waals surface area (Å²) in [4.78, 5) is 9.67. The van der Waals surface area contributed by atoms with Crippen LogP contribution in [0.5, 0.6) is 0 Å². The molecule has 5 heterocycles. The molecule has 5 nitrogen and oxygen atoms in total. The molecule has 0 saturated carbocycles. The zero-order valence-corrected chi connectivity index (χ0v) is 26.7. The van der Waals surface area contributed by atoms with Crippen molar-refractivity contribution >= 4 is 33.5 Å². The van der Waals surface area contributed by atoms with E-state index < -0.39 is 0 Å². The Hall–Kier alpha value is -6.46. The van der Waals surface area contributed by atoms with E-state index in [1.165, 1.54) is 44.1 Å². The second-order valence-corrected chi connectivity index (χ2v) is 12.8. The van der Waals surface area contributed by atoms with Gasteiger partial charge in [-0.1, -0.05) is 91.0 Å². The van der Waals surface area contributed by atoms with Crippen molar-refractivity contribution in [2.75, 3.05) is 0 Å². The molecule has 232 valence electrons. The van der Waals surface area contributed by atoms with E-state index in [2.05, 4.69) is 153 Å². The first-order chi connectivity index (χ1) is 24.2. The van der Waals surface area contributed by atoms with E-state index in [1.54, 1.807) is 0 Å². The predicted molar refractivity (Wildman–Crippen MR) is 201 cm³/mol. The number of hydrogen-bond donors (Lipinski definition) is 0. The van der Waals surface area contributed by atoms with Gasteiger partial charge in [-0.05, 0) is 83.3 Å². The van der Waals surface area contributed by atoms with E-state index in [0.717, 1.165) is 52.6 Å². The molecule has 0 spiro atoms. The lowest BCUT2D eigenvalue weighted by atomic mass is 9.99. The van der Waals surface area contributed by atoms with Gasteiger partial charge in [0.05, 0.1) is 22.4 Å². The van der Waals surface area contributed by atoms with Crippen molar-refractivity contribution in [3.63, 3.8) is 0 Å². The molecule has 9 aromatic rings. The van der Waals surface area contributed by atoms with Crippen molar-refractivity contribution in [3.05, 3.63) is 164 Å². The second kappa shape index (κ2) is 11.1. The molecule has 49 heavy (non-hydrogen) atoms. The standard InChI is InChI=1S/C44H31N5/c1-2-8-36(9-3-1)49-41-22-20-34(30-12-16-32(17-13-30)39-28-47-24-6-4-10-43(47)45-39)26-37(41)38-27-35(21-23-42(38)49)31-14-18-33(19-15-31)40-29-48-25-7-5-11-44(48)46-40/h1-6,8-24,26-29H,7,25H2. The van der Waals surface area contributed by atoms with Gasteiger partial charge in [-0.15, -0.1) is 0 Å². The molecule has 0 unspecified atom stereocenters. The highest BCUT2D eigenvalue weighted by Crippen LogP contribution is 2.38. The summed E-state index contributed by atoms with van der Waals surface area (Å²) in [6.45, 7) is 0.990. The Kier molecular flexibility index (Phi) is 6.24. The number of hydrogen-bond acceptors (Lipinski definition) is 2. The van der Waals surface area contributed by atoms with Crippen molar-refractivity contribution < 1.29 is 0 Å². The van der Waals surface area contributed by atoms with Crippen molar-refractivity contribution in [1.82, 2.24) is 23.5 Å². The fourth-order valence-corrected chi connectivity index (χ4v) is 7.26. The van der Waals surface area contributed by atoms with Crippen molar-refractivity contribution in [3.8, 4) is 50.5 Å². The summed E-state index contributed by atoms with van der Waals surface area (Å²) >= 11 is 0. The van der Waals surface area contributed by atoms with Crippen LogP contribution in [0.1, 0.15) is 12.2 Å². The summed E-state index contributed by atoms with van der Waals surface area (Å²) in [6, 6.07) is 48.0. The topological polar surface area (TPSA) is 40.1 Å². The van der Waals surface area contributed by atoms with Crippen LogP contribution in [0.2, 0.25) is 0 Å². The summed E-state index contributed by atoms with van der Waals surface area (Å²) in [7, 11) is 0. The molecule has 0 radical (unpaired) electrons. The zero-order valence-electron chi connectivity index (χ0n) is 26.7. The van der Waals surface area contributed by atoms with Crippen molar-refractivity contribution in [2.24, 2.45) is 0 Å². The summed E-state index contributed by atoms with van der Waals surface area (Å²) in [5.74, 6) is 1.03. The Bertz CT molecular complexity index is 2650. The molecule has 10 rings (SSSR count). The second-order valence-electron chi connectivity index (χ2n) is 12.8. The Morgan fingerprint density at radius 3 is 1.73 bits per heavy atom. The predicted octanol–water partition coefficient (Wildman–Crippen LogP) is 10.7. The van der Waals surface area contributed by atoms with Crippen molar-refractivity contribution in [2.45, 2.75) is 13.0 Å². The van der Waals surface area contributed by atoms with E-state index in [9.17, 15) is 0 Å². The first kappa shape index (κ1) is 27.6. The molecular weight excluding hydrogens is 599 g/mol. The van der Waals surface area contributed by atoms with Gasteiger partial charge in [0.1, 0.15) is 11.5 Å². The minimum atomic E-state index is 0.950. The van der Waals surface area contributed by atoms with E-state index in [-0.39, 0.29) is 0 Å². The molecule has 0 amide bonds. The Labute approximate surface area is 283 Å². The van der Waals surface area contributed by atoms with Gasteiger partial charge in [0, 0.05) is 52.7 Å². The van der Waals surface area contributed by atoms with Crippen LogP contribution in [0.4, 0.5) is 0 Å². The number of pyridine rings is 1.